The SMILES string of the molecule is C=CC(C)(CBr)Cc1cn2ccsc2n1. The average Bonchev–Trinajstić information content (AvgIpc) is 2.77. The predicted octanol–water partition coefficient (Wildman–Crippen LogP) is 3.53. The number of imidazole rings is 1. The Morgan fingerprint density at radius 3 is 3.13 bits per heavy atom. The number of fused-ring (bicyclic) bond motifs is 1. The molecule has 1 unspecified atom stereocenters. The van der Waals surface area contributed by atoms with E-state index in [1.54, 1.807) is 11.3 Å². The van der Waals surface area contributed by atoms with Crippen LogP contribution < -0.4 is 0 Å². The minimum Gasteiger partial charge on any atom is -0.297 e. The first kappa shape index (κ1) is 10.9. The summed E-state index contributed by atoms with van der Waals surface area (Å²) in [5, 5.41) is 2.96. The Bertz CT molecular complexity index is 445. The minimum absolute atomic E-state index is 0.0873. The summed E-state index contributed by atoms with van der Waals surface area (Å²) in [4.78, 5) is 5.63. The van der Waals surface area contributed by atoms with Gasteiger partial charge in [0.1, 0.15) is 0 Å². The first-order chi connectivity index (χ1) is 7.17. The van der Waals surface area contributed by atoms with Gasteiger partial charge in [0.25, 0.3) is 0 Å². The van der Waals surface area contributed by atoms with E-state index in [4.69, 9.17) is 0 Å². The zero-order valence-electron chi connectivity index (χ0n) is 8.61. The molecule has 0 fully saturated rings. The Morgan fingerprint density at radius 1 is 1.73 bits per heavy atom. The third-order valence-electron chi connectivity index (χ3n) is 2.53. The molecule has 0 N–H and O–H groups in total. The number of allylic oxidation sites excluding steroid dienone is 1. The van der Waals surface area contributed by atoms with Crippen molar-refractivity contribution in [2.24, 2.45) is 5.41 Å². The Hall–Kier alpha value is -0.610. The van der Waals surface area contributed by atoms with Gasteiger partial charge in [-0.15, -0.1) is 17.9 Å². The van der Waals surface area contributed by atoms with Crippen molar-refractivity contribution in [3.63, 3.8) is 0 Å². The van der Waals surface area contributed by atoms with Crippen LogP contribution >= 0.6 is 27.3 Å². The molecule has 0 amide bonds. The van der Waals surface area contributed by atoms with Crippen LogP contribution in [0.3, 0.4) is 0 Å². The third kappa shape index (κ3) is 2.16. The summed E-state index contributed by atoms with van der Waals surface area (Å²) < 4.78 is 2.07. The summed E-state index contributed by atoms with van der Waals surface area (Å²) in [6.07, 6.45) is 7.05. The fourth-order valence-electron chi connectivity index (χ4n) is 1.45. The number of rotatable bonds is 4. The molecule has 2 nitrogen and oxygen atoms in total. The second-order valence-corrected chi connectivity index (χ2v) is 5.43. The molecule has 0 bridgehead atoms. The number of thiazole rings is 1. The summed E-state index contributed by atoms with van der Waals surface area (Å²) in [6.45, 7) is 6.06. The molecule has 2 heterocycles. The molecule has 2 rings (SSSR count). The topological polar surface area (TPSA) is 17.3 Å². The number of halogens is 1. The van der Waals surface area contributed by atoms with Gasteiger partial charge >= 0.3 is 0 Å². The fraction of sp³-hybridized carbons (Fsp3) is 0.364. The van der Waals surface area contributed by atoms with Crippen molar-refractivity contribution in [2.45, 2.75) is 13.3 Å². The molecule has 0 aliphatic rings. The van der Waals surface area contributed by atoms with Gasteiger partial charge in [0.15, 0.2) is 4.96 Å². The molecule has 80 valence electrons. The van der Waals surface area contributed by atoms with Crippen LogP contribution in [0.4, 0.5) is 0 Å². The lowest BCUT2D eigenvalue weighted by atomic mass is 9.88. The smallest absolute Gasteiger partial charge is 0.193 e. The van der Waals surface area contributed by atoms with Gasteiger partial charge in [0, 0.05) is 34.9 Å². The number of alkyl halides is 1. The molecular weight excluding hydrogens is 272 g/mol. The van der Waals surface area contributed by atoms with Crippen LogP contribution in [0.2, 0.25) is 0 Å². The number of aromatic nitrogens is 2. The maximum Gasteiger partial charge on any atom is 0.193 e. The summed E-state index contributed by atoms with van der Waals surface area (Å²) in [5.41, 5.74) is 1.22. The predicted molar refractivity (Wildman–Crippen MR) is 68.9 cm³/mol. The van der Waals surface area contributed by atoms with Crippen molar-refractivity contribution in [3.05, 3.63) is 36.1 Å². The largest absolute Gasteiger partial charge is 0.297 e. The second kappa shape index (κ2) is 4.10. The van der Waals surface area contributed by atoms with Gasteiger partial charge in [-0.2, -0.15) is 0 Å². The molecule has 2 aromatic rings. The van der Waals surface area contributed by atoms with Crippen molar-refractivity contribution in [2.75, 3.05) is 5.33 Å². The number of hydrogen-bond donors (Lipinski definition) is 0. The highest BCUT2D eigenvalue weighted by molar-refractivity contribution is 9.09. The first-order valence-electron chi connectivity index (χ1n) is 4.77. The normalized spacial score (nSPS) is 15.3. The number of nitrogens with zero attached hydrogens (tertiary/aromatic N) is 2. The maximum absolute atomic E-state index is 4.57. The Labute approximate surface area is 102 Å². The Kier molecular flexibility index (Phi) is 2.98. The van der Waals surface area contributed by atoms with Crippen LogP contribution in [0.15, 0.2) is 30.4 Å². The highest BCUT2D eigenvalue weighted by atomic mass is 79.9. The van der Waals surface area contributed by atoms with Crippen molar-refractivity contribution >= 4 is 32.2 Å². The molecule has 0 spiro atoms. The van der Waals surface area contributed by atoms with Gasteiger partial charge < -0.3 is 0 Å². The number of hydrogen-bond acceptors (Lipinski definition) is 2. The molecule has 0 radical (unpaired) electrons. The fourth-order valence-corrected chi connectivity index (χ4v) is 2.60. The zero-order chi connectivity index (χ0) is 10.9. The molecule has 0 aliphatic heterocycles. The van der Waals surface area contributed by atoms with E-state index in [0.717, 1.165) is 22.4 Å². The van der Waals surface area contributed by atoms with E-state index in [1.807, 2.05) is 17.7 Å². The van der Waals surface area contributed by atoms with Crippen LogP contribution in [0.5, 0.6) is 0 Å². The van der Waals surface area contributed by atoms with Gasteiger partial charge in [-0.3, -0.25) is 4.40 Å². The standard InChI is InChI=1S/C11H13BrN2S/c1-3-11(2,8-12)6-9-7-14-4-5-15-10(14)13-9/h3-5,7H,1,6,8H2,2H3. The van der Waals surface area contributed by atoms with E-state index >= 15 is 0 Å². The molecule has 4 heteroatoms. The van der Waals surface area contributed by atoms with E-state index in [0.29, 0.717) is 0 Å². The maximum atomic E-state index is 4.57. The highest BCUT2D eigenvalue weighted by Gasteiger charge is 2.20. The van der Waals surface area contributed by atoms with Gasteiger partial charge in [-0.25, -0.2) is 4.98 Å². The molecule has 0 saturated heterocycles. The molecule has 2 aromatic heterocycles. The summed E-state index contributed by atoms with van der Waals surface area (Å²) in [6, 6.07) is 0. The average molecular weight is 285 g/mol. The monoisotopic (exact) mass is 284 g/mol. The third-order valence-corrected chi connectivity index (χ3v) is 4.58. The first-order valence-corrected chi connectivity index (χ1v) is 6.78. The Morgan fingerprint density at radius 2 is 2.53 bits per heavy atom. The molecule has 1 atom stereocenters. The zero-order valence-corrected chi connectivity index (χ0v) is 11.0. The summed E-state index contributed by atoms with van der Waals surface area (Å²) in [7, 11) is 0. The lowest BCUT2D eigenvalue weighted by molar-refractivity contribution is 0.488. The molecule has 15 heavy (non-hydrogen) atoms. The summed E-state index contributed by atoms with van der Waals surface area (Å²) in [5.74, 6) is 0. The second-order valence-electron chi connectivity index (χ2n) is 3.99. The minimum atomic E-state index is 0.0873. The Balaban J connectivity index is 2.25. The molecular formula is C11H13BrN2S. The van der Waals surface area contributed by atoms with Crippen LogP contribution in [-0.2, 0) is 6.42 Å². The van der Waals surface area contributed by atoms with Gasteiger partial charge in [-0.1, -0.05) is 28.9 Å². The van der Waals surface area contributed by atoms with Crippen LogP contribution in [0, 0.1) is 5.41 Å². The van der Waals surface area contributed by atoms with E-state index in [2.05, 4.69) is 45.0 Å². The van der Waals surface area contributed by atoms with Gasteiger partial charge in [0.2, 0.25) is 0 Å². The van der Waals surface area contributed by atoms with Gasteiger partial charge in [-0.05, 0) is 0 Å². The van der Waals surface area contributed by atoms with E-state index in [1.165, 1.54) is 0 Å². The lowest BCUT2D eigenvalue weighted by Crippen LogP contribution is -2.18. The van der Waals surface area contributed by atoms with Crippen molar-refractivity contribution in [1.82, 2.24) is 9.38 Å². The summed E-state index contributed by atoms with van der Waals surface area (Å²) >= 11 is 5.18. The van der Waals surface area contributed by atoms with Crippen molar-refractivity contribution in [1.29, 1.82) is 0 Å². The van der Waals surface area contributed by atoms with Gasteiger partial charge in [0.05, 0.1) is 5.69 Å². The van der Waals surface area contributed by atoms with E-state index in [-0.39, 0.29) is 5.41 Å². The van der Waals surface area contributed by atoms with Crippen molar-refractivity contribution < 1.29 is 0 Å². The van der Waals surface area contributed by atoms with Crippen LogP contribution in [0.1, 0.15) is 12.6 Å². The molecule has 0 saturated carbocycles. The highest BCUT2D eigenvalue weighted by Crippen LogP contribution is 2.26. The quantitative estimate of drug-likeness (QED) is 0.620. The molecule has 0 aromatic carbocycles. The van der Waals surface area contributed by atoms with E-state index < -0.39 is 0 Å². The van der Waals surface area contributed by atoms with E-state index in [9.17, 15) is 0 Å². The van der Waals surface area contributed by atoms with Crippen molar-refractivity contribution in [3.8, 4) is 0 Å². The van der Waals surface area contributed by atoms with Crippen LogP contribution in [-0.4, -0.2) is 14.7 Å². The van der Waals surface area contributed by atoms with Crippen LogP contribution in [0.25, 0.3) is 4.96 Å². The lowest BCUT2D eigenvalue weighted by Gasteiger charge is -2.21. The molecule has 0 aliphatic carbocycles.